The van der Waals surface area contributed by atoms with Crippen molar-refractivity contribution in [2.75, 3.05) is 19.6 Å². The van der Waals surface area contributed by atoms with Gasteiger partial charge in [-0.05, 0) is 49.1 Å². The topological polar surface area (TPSA) is 50.2 Å². The van der Waals surface area contributed by atoms with Crippen molar-refractivity contribution in [3.05, 3.63) is 83.2 Å². The van der Waals surface area contributed by atoms with Crippen LogP contribution in [0.2, 0.25) is 0 Å². The first kappa shape index (κ1) is 18.4. The monoisotopic (exact) mass is 374 g/mol. The SMILES string of the molecule is Cc1cc(C(=O)NCCCN2CCc3ccccc3C2)nn1-c1ccccc1. The molecule has 28 heavy (non-hydrogen) atoms. The summed E-state index contributed by atoms with van der Waals surface area (Å²) in [5.74, 6) is -0.109. The predicted octanol–water partition coefficient (Wildman–Crippen LogP) is 3.36. The number of para-hydroxylation sites is 1. The second kappa shape index (κ2) is 8.40. The minimum absolute atomic E-state index is 0.109. The fraction of sp³-hybridized carbons (Fsp3) is 0.304. The van der Waals surface area contributed by atoms with Crippen molar-refractivity contribution in [2.45, 2.75) is 26.3 Å². The van der Waals surface area contributed by atoms with Crippen LogP contribution in [-0.2, 0) is 13.0 Å². The number of hydrogen-bond acceptors (Lipinski definition) is 3. The van der Waals surface area contributed by atoms with E-state index in [2.05, 4.69) is 39.6 Å². The summed E-state index contributed by atoms with van der Waals surface area (Å²) in [6.07, 6.45) is 2.05. The van der Waals surface area contributed by atoms with E-state index in [0.717, 1.165) is 43.9 Å². The molecule has 1 aromatic heterocycles. The van der Waals surface area contributed by atoms with Gasteiger partial charge in [-0.25, -0.2) is 4.68 Å². The Bertz CT molecular complexity index is 948. The van der Waals surface area contributed by atoms with E-state index in [1.54, 1.807) is 4.68 Å². The third-order valence-corrected chi connectivity index (χ3v) is 5.27. The zero-order valence-corrected chi connectivity index (χ0v) is 16.3. The van der Waals surface area contributed by atoms with Gasteiger partial charge in [-0.3, -0.25) is 9.69 Å². The van der Waals surface area contributed by atoms with Gasteiger partial charge in [-0.2, -0.15) is 5.10 Å². The number of hydrogen-bond donors (Lipinski definition) is 1. The van der Waals surface area contributed by atoms with Crippen LogP contribution in [0, 0.1) is 6.92 Å². The van der Waals surface area contributed by atoms with Crippen molar-refractivity contribution in [3.8, 4) is 5.69 Å². The normalized spacial score (nSPS) is 13.9. The number of nitrogens with zero attached hydrogens (tertiary/aromatic N) is 3. The number of aromatic nitrogens is 2. The van der Waals surface area contributed by atoms with Crippen LogP contribution < -0.4 is 5.32 Å². The first-order chi connectivity index (χ1) is 13.7. The zero-order chi connectivity index (χ0) is 19.3. The van der Waals surface area contributed by atoms with Crippen molar-refractivity contribution in [1.82, 2.24) is 20.0 Å². The number of benzene rings is 2. The number of nitrogens with one attached hydrogen (secondary N) is 1. The number of carbonyl (C=O) groups excluding carboxylic acids is 1. The van der Waals surface area contributed by atoms with Gasteiger partial charge >= 0.3 is 0 Å². The molecule has 0 bridgehead atoms. The molecule has 3 aromatic rings. The van der Waals surface area contributed by atoms with Gasteiger partial charge < -0.3 is 5.32 Å². The molecular weight excluding hydrogens is 348 g/mol. The summed E-state index contributed by atoms with van der Waals surface area (Å²) in [6.45, 7) is 5.71. The molecule has 0 aliphatic carbocycles. The summed E-state index contributed by atoms with van der Waals surface area (Å²) in [7, 11) is 0. The Kier molecular flexibility index (Phi) is 5.53. The van der Waals surface area contributed by atoms with Crippen LogP contribution in [0.3, 0.4) is 0 Å². The molecule has 144 valence electrons. The van der Waals surface area contributed by atoms with Crippen LogP contribution >= 0.6 is 0 Å². The maximum Gasteiger partial charge on any atom is 0.271 e. The summed E-state index contributed by atoms with van der Waals surface area (Å²) in [6, 6.07) is 20.4. The van der Waals surface area contributed by atoms with Crippen LogP contribution in [-0.4, -0.2) is 40.2 Å². The summed E-state index contributed by atoms with van der Waals surface area (Å²) in [5.41, 5.74) is 5.28. The maximum absolute atomic E-state index is 12.5. The molecule has 0 fully saturated rings. The number of rotatable bonds is 6. The van der Waals surface area contributed by atoms with Crippen LogP contribution in [0.5, 0.6) is 0 Å². The zero-order valence-electron chi connectivity index (χ0n) is 16.3. The van der Waals surface area contributed by atoms with E-state index < -0.39 is 0 Å². The minimum Gasteiger partial charge on any atom is -0.351 e. The third-order valence-electron chi connectivity index (χ3n) is 5.27. The highest BCUT2D eigenvalue weighted by Gasteiger charge is 2.16. The van der Waals surface area contributed by atoms with E-state index in [1.807, 2.05) is 43.3 Å². The van der Waals surface area contributed by atoms with Crippen molar-refractivity contribution in [3.63, 3.8) is 0 Å². The molecule has 0 saturated carbocycles. The molecule has 5 nitrogen and oxygen atoms in total. The Balaban J connectivity index is 1.26. The van der Waals surface area contributed by atoms with Crippen LogP contribution in [0.15, 0.2) is 60.7 Å². The van der Waals surface area contributed by atoms with Crippen molar-refractivity contribution < 1.29 is 4.79 Å². The molecule has 4 rings (SSSR count). The smallest absolute Gasteiger partial charge is 0.271 e. The maximum atomic E-state index is 12.5. The summed E-state index contributed by atoms with van der Waals surface area (Å²) < 4.78 is 1.81. The average Bonchev–Trinajstić information content (AvgIpc) is 3.13. The van der Waals surface area contributed by atoms with Gasteiger partial charge in [0.05, 0.1) is 5.69 Å². The Labute approximate surface area is 166 Å². The summed E-state index contributed by atoms with van der Waals surface area (Å²) in [5, 5.41) is 7.48. The molecule has 5 heteroatoms. The van der Waals surface area contributed by atoms with Crippen molar-refractivity contribution >= 4 is 5.91 Å². The van der Waals surface area contributed by atoms with Gasteiger partial charge in [0.1, 0.15) is 0 Å². The lowest BCUT2D eigenvalue weighted by molar-refractivity contribution is 0.0946. The molecule has 1 N–H and O–H groups in total. The average molecular weight is 374 g/mol. The fourth-order valence-electron chi connectivity index (χ4n) is 3.76. The largest absolute Gasteiger partial charge is 0.351 e. The van der Waals surface area contributed by atoms with Crippen LogP contribution in [0.4, 0.5) is 0 Å². The fourth-order valence-corrected chi connectivity index (χ4v) is 3.76. The van der Waals surface area contributed by atoms with E-state index in [9.17, 15) is 4.79 Å². The van der Waals surface area contributed by atoms with Gasteiger partial charge in [-0.15, -0.1) is 0 Å². The molecule has 2 heterocycles. The lowest BCUT2D eigenvalue weighted by atomic mass is 10.00. The molecule has 0 radical (unpaired) electrons. The minimum atomic E-state index is -0.109. The van der Waals surface area contributed by atoms with Crippen molar-refractivity contribution in [2.24, 2.45) is 0 Å². The van der Waals surface area contributed by atoms with Crippen molar-refractivity contribution in [1.29, 1.82) is 0 Å². The van der Waals surface area contributed by atoms with Gasteiger partial charge in [0.2, 0.25) is 0 Å². The molecule has 1 amide bonds. The first-order valence-electron chi connectivity index (χ1n) is 9.90. The van der Waals surface area contributed by atoms with Crippen LogP contribution in [0.25, 0.3) is 5.69 Å². The molecule has 0 spiro atoms. The molecule has 0 atom stereocenters. The van der Waals surface area contributed by atoms with E-state index in [1.165, 1.54) is 11.1 Å². The number of aryl methyl sites for hydroxylation is 1. The standard InChI is InChI=1S/C23H26N4O/c1-18-16-22(25-27(18)21-10-3-2-4-11-21)23(28)24-13-7-14-26-15-12-19-8-5-6-9-20(19)17-26/h2-6,8-11,16H,7,12-15,17H2,1H3,(H,24,28). The molecule has 0 saturated heterocycles. The quantitative estimate of drug-likeness (QED) is 0.673. The predicted molar refractivity (Wildman–Crippen MR) is 111 cm³/mol. The lowest BCUT2D eigenvalue weighted by Gasteiger charge is -2.28. The third kappa shape index (κ3) is 4.15. The Morgan fingerprint density at radius 2 is 1.82 bits per heavy atom. The van der Waals surface area contributed by atoms with Gasteiger partial charge in [0, 0.05) is 31.9 Å². The summed E-state index contributed by atoms with van der Waals surface area (Å²) >= 11 is 0. The molecule has 0 unspecified atom stereocenters. The molecule has 1 aliphatic heterocycles. The van der Waals surface area contributed by atoms with Gasteiger partial charge in [-0.1, -0.05) is 42.5 Å². The van der Waals surface area contributed by atoms with E-state index in [-0.39, 0.29) is 5.91 Å². The Morgan fingerprint density at radius 3 is 2.64 bits per heavy atom. The van der Waals surface area contributed by atoms with E-state index in [0.29, 0.717) is 12.2 Å². The molecular formula is C23H26N4O. The first-order valence-corrected chi connectivity index (χ1v) is 9.90. The Hall–Kier alpha value is -2.92. The number of fused-ring (bicyclic) bond motifs is 1. The second-order valence-electron chi connectivity index (χ2n) is 7.32. The number of amides is 1. The highest BCUT2D eigenvalue weighted by molar-refractivity contribution is 5.92. The summed E-state index contributed by atoms with van der Waals surface area (Å²) in [4.78, 5) is 14.9. The highest BCUT2D eigenvalue weighted by atomic mass is 16.1. The van der Waals surface area contributed by atoms with Crippen LogP contribution in [0.1, 0.15) is 33.7 Å². The molecule has 1 aliphatic rings. The van der Waals surface area contributed by atoms with E-state index in [4.69, 9.17) is 0 Å². The second-order valence-corrected chi connectivity index (χ2v) is 7.32. The lowest BCUT2D eigenvalue weighted by Crippen LogP contribution is -2.33. The van der Waals surface area contributed by atoms with Gasteiger partial charge in [0.25, 0.3) is 5.91 Å². The van der Waals surface area contributed by atoms with Gasteiger partial charge in [0.15, 0.2) is 5.69 Å². The molecule has 2 aromatic carbocycles. The van der Waals surface area contributed by atoms with E-state index >= 15 is 0 Å². The Morgan fingerprint density at radius 1 is 1.07 bits per heavy atom. The highest BCUT2D eigenvalue weighted by Crippen LogP contribution is 2.18. The number of carbonyl (C=O) groups is 1.